The second-order valence-electron chi connectivity index (χ2n) is 9.51. The molecule has 1 heterocycles. The molecule has 1 aliphatic carbocycles. The molecule has 1 fully saturated rings. The van der Waals surface area contributed by atoms with Gasteiger partial charge in [0, 0.05) is 31.0 Å². The normalized spacial score (nSPS) is 17.9. The number of nitrogens with zero attached hydrogens (tertiary/aromatic N) is 1. The summed E-state index contributed by atoms with van der Waals surface area (Å²) in [4.78, 5) is 38.4. The first kappa shape index (κ1) is 23.8. The summed E-state index contributed by atoms with van der Waals surface area (Å²) >= 11 is 0. The van der Waals surface area contributed by atoms with Crippen LogP contribution in [0.25, 0.3) is 11.1 Å². The fourth-order valence-electron chi connectivity index (χ4n) is 5.13. The van der Waals surface area contributed by atoms with E-state index in [-0.39, 0.29) is 43.2 Å². The molecule has 0 radical (unpaired) electrons. The van der Waals surface area contributed by atoms with Gasteiger partial charge in [0.15, 0.2) is 0 Å². The first-order valence-electron chi connectivity index (χ1n) is 12.0. The number of carbonyl (C=O) groups excluding carboxylic acids is 2. The lowest BCUT2D eigenvalue weighted by molar-refractivity contribution is -0.140. The zero-order valence-corrected chi connectivity index (χ0v) is 19.7. The molecule has 0 aromatic heterocycles. The maximum absolute atomic E-state index is 12.9. The maximum atomic E-state index is 12.9. The molecule has 2 atom stereocenters. The van der Waals surface area contributed by atoms with Crippen molar-refractivity contribution in [1.82, 2.24) is 10.2 Å². The van der Waals surface area contributed by atoms with Gasteiger partial charge in [0.1, 0.15) is 6.61 Å². The number of hydrogen-bond acceptors (Lipinski definition) is 4. The standard InChI is InChI=1S/C27H32N2O5/c1-17(2)24(15-25(30)29-13-7-8-18(29)14-26(31)32)28-27(33)34-16-23-21-11-5-3-9-19(21)20-10-4-6-12-22(20)23/h3-6,9-12,17-18,23-24H,7-8,13-16H2,1-2H3,(H,28,33)(H,31,32)/t18?,24-/m1/s1. The van der Waals surface area contributed by atoms with E-state index in [0.717, 1.165) is 17.5 Å². The predicted molar refractivity (Wildman–Crippen MR) is 128 cm³/mol. The number of carboxylic acid groups (broad SMARTS) is 1. The van der Waals surface area contributed by atoms with E-state index in [1.807, 2.05) is 38.1 Å². The van der Waals surface area contributed by atoms with Crippen LogP contribution in [-0.2, 0) is 14.3 Å². The number of amides is 2. The van der Waals surface area contributed by atoms with Crippen molar-refractivity contribution in [1.29, 1.82) is 0 Å². The Kier molecular flexibility index (Phi) is 7.20. The van der Waals surface area contributed by atoms with Crippen LogP contribution in [0.2, 0.25) is 0 Å². The van der Waals surface area contributed by atoms with Crippen molar-refractivity contribution < 1.29 is 24.2 Å². The number of aliphatic carboxylic acids is 1. The summed E-state index contributed by atoms with van der Waals surface area (Å²) in [5.41, 5.74) is 4.62. The Balaban J connectivity index is 1.37. The minimum atomic E-state index is -0.901. The van der Waals surface area contributed by atoms with Gasteiger partial charge in [-0.1, -0.05) is 62.4 Å². The van der Waals surface area contributed by atoms with E-state index >= 15 is 0 Å². The molecule has 2 amide bonds. The Morgan fingerprint density at radius 2 is 1.68 bits per heavy atom. The van der Waals surface area contributed by atoms with Crippen molar-refractivity contribution in [3.63, 3.8) is 0 Å². The van der Waals surface area contributed by atoms with E-state index in [9.17, 15) is 14.4 Å². The Hall–Kier alpha value is -3.35. The topological polar surface area (TPSA) is 95.9 Å². The third-order valence-electron chi connectivity index (χ3n) is 6.95. The van der Waals surface area contributed by atoms with E-state index in [2.05, 4.69) is 29.6 Å². The molecule has 1 saturated heterocycles. The smallest absolute Gasteiger partial charge is 0.407 e. The van der Waals surface area contributed by atoms with Gasteiger partial charge in [0.05, 0.1) is 6.42 Å². The lowest BCUT2D eigenvalue weighted by Crippen LogP contribution is -2.45. The van der Waals surface area contributed by atoms with Crippen molar-refractivity contribution in [2.24, 2.45) is 5.92 Å². The molecular weight excluding hydrogens is 432 g/mol. The van der Waals surface area contributed by atoms with Crippen molar-refractivity contribution in [2.45, 2.75) is 57.5 Å². The largest absolute Gasteiger partial charge is 0.481 e. The van der Waals surface area contributed by atoms with Crippen LogP contribution in [0.4, 0.5) is 4.79 Å². The number of alkyl carbamates (subject to hydrolysis) is 1. The van der Waals surface area contributed by atoms with Crippen LogP contribution < -0.4 is 5.32 Å². The van der Waals surface area contributed by atoms with E-state index in [0.29, 0.717) is 13.0 Å². The minimum absolute atomic E-state index is 0.0185. The van der Waals surface area contributed by atoms with Gasteiger partial charge in [0.2, 0.25) is 5.91 Å². The average Bonchev–Trinajstić information content (AvgIpc) is 3.39. The molecule has 2 aromatic rings. The summed E-state index contributed by atoms with van der Waals surface area (Å²) in [5, 5.41) is 12.0. The number of fused-ring (bicyclic) bond motifs is 3. The van der Waals surface area contributed by atoms with Crippen molar-refractivity contribution in [2.75, 3.05) is 13.2 Å². The SMILES string of the molecule is CC(C)[C@@H](CC(=O)N1CCCC1CC(=O)O)NC(=O)OCC1c2ccccc2-c2ccccc21. The fourth-order valence-corrected chi connectivity index (χ4v) is 5.13. The molecule has 2 N–H and O–H groups in total. The molecule has 2 aromatic carbocycles. The Morgan fingerprint density at radius 1 is 1.06 bits per heavy atom. The monoisotopic (exact) mass is 464 g/mol. The fraction of sp³-hybridized carbons (Fsp3) is 0.444. The number of carbonyl (C=O) groups is 3. The van der Waals surface area contributed by atoms with Gasteiger partial charge in [-0.05, 0) is 41.0 Å². The zero-order chi connectivity index (χ0) is 24.2. The highest BCUT2D eigenvalue weighted by molar-refractivity contribution is 5.80. The highest BCUT2D eigenvalue weighted by Gasteiger charge is 2.33. The molecule has 1 unspecified atom stereocenters. The Labute approximate surface area is 200 Å². The second-order valence-corrected chi connectivity index (χ2v) is 9.51. The van der Waals surface area contributed by atoms with E-state index < -0.39 is 18.1 Å². The predicted octanol–water partition coefficient (Wildman–Crippen LogP) is 4.41. The van der Waals surface area contributed by atoms with Crippen LogP contribution in [0.3, 0.4) is 0 Å². The van der Waals surface area contributed by atoms with Crippen LogP contribution in [0.15, 0.2) is 48.5 Å². The third-order valence-corrected chi connectivity index (χ3v) is 6.95. The van der Waals surface area contributed by atoms with Gasteiger partial charge in [-0.3, -0.25) is 9.59 Å². The van der Waals surface area contributed by atoms with Crippen LogP contribution in [0.1, 0.15) is 56.6 Å². The number of rotatable bonds is 8. The lowest BCUT2D eigenvalue weighted by atomic mass is 9.98. The van der Waals surface area contributed by atoms with Gasteiger partial charge < -0.3 is 20.1 Å². The molecule has 7 heteroatoms. The highest BCUT2D eigenvalue weighted by Crippen LogP contribution is 2.44. The van der Waals surface area contributed by atoms with Crippen LogP contribution in [0, 0.1) is 5.92 Å². The number of nitrogens with one attached hydrogen (secondary N) is 1. The van der Waals surface area contributed by atoms with Crippen molar-refractivity contribution >= 4 is 18.0 Å². The molecule has 1 aliphatic heterocycles. The summed E-state index contributed by atoms with van der Waals surface area (Å²) in [6.45, 7) is 4.67. The number of carboxylic acids is 1. The molecular formula is C27H32N2O5. The van der Waals surface area contributed by atoms with Gasteiger partial charge in [0.25, 0.3) is 0 Å². The molecule has 0 bridgehead atoms. The highest BCUT2D eigenvalue weighted by atomic mass is 16.5. The van der Waals surface area contributed by atoms with Crippen LogP contribution in [0.5, 0.6) is 0 Å². The Morgan fingerprint density at radius 3 is 2.26 bits per heavy atom. The summed E-state index contributed by atoms with van der Waals surface area (Å²) < 4.78 is 5.65. The van der Waals surface area contributed by atoms with E-state index in [4.69, 9.17) is 9.84 Å². The molecule has 2 aliphatic rings. The molecule has 180 valence electrons. The summed E-state index contributed by atoms with van der Waals surface area (Å²) in [6, 6.07) is 15.7. The van der Waals surface area contributed by atoms with Crippen LogP contribution >= 0.6 is 0 Å². The first-order valence-corrected chi connectivity index (χ1v) is 12.0. The van der Waals surface area contributed by atoms with Gasteiger partial charge >= 0.3 is 12.1 Å². The molecule has 4 rings (SSSR count). The number of likely N-dealkylation sites (tertiary alicyclic amines) is 1. The molecule has 34 heavy (non-hydrogen) atoms. The average molecular weight is 465 g/mol. The van der Waals surface area contributed by atoms with Crippen molar-refractivity contribution in [3.8, 4) is 11.1 Å². The lowest BCUT2D eigenvalue weighted by Gasteiger charge is -2.28. The Bertz CT molecular complexity index is 1020. The number of ether oxygens (including phenoxy) is 1. The summed E-state index contributed by atoms with van der Waals surface area (Å²) in [7, 11) is 0. The molecule has 7 nitrogen and oxygen atoms in total. The maximum Gasteiger partial charge on any atom is 0.407 e. The van der Waals surface area contributed by atoms with Crippen LogP contribution in [-0.4, -0.2) is 53.2 Å². The number of benzene rings is 2. The van der Waals surface area contributed by atoms with Gasteiger partial charge in [-0.15, -0.1) is 0 Å². The van der Waals surface area contributed by atoms with Gasteiger partial charge in [-0.25, -0.2) is 4.79 Å². The molecule has 0 saturated carbocycles. The number of hydrogen-bond donors (Lipinski definition) is 2. The van der Waals surface area contributed by atoms with Crippen molar-refractivity contribution in [3.05, 3.63) is 59.7 Å². The quantitative estimate of drug-likeness (QED) is 0.604. The minimum Gasteiger partial charge on any atom is -0.481 e. The molecule has 0 spiro atoms. The first-order chi connectivity index (χ1) is 16.3. The van der Waals surface area contributed by atoms with Gasteiger partial charge in [-0.2, -0.15) is 0 Å². The van der Waals surface area contributed by atoms with E-state index in [1.165, 1.54) is 11.1 Å². The zero-order valence-electron chi connectivity index (χ0n) is 19.7. The summed E-state index contributed by atoms with van der Waals surface area (Å²) in [6.07, 6.45) is 1.03. The summed E-state index contributed by atoms with van der Waals surface area (Å²) in [5.74, 6) is -1.04. The van der Waals surface area contributed by atoms with E-state index in [1.54, 1.807) is 4.90 Å². The second kappa shape index (κ2) is 10.3. The third kappa shape index (κ3) is 5.08.